The van der Waals surface area contributed by atoms with Crippen LogP contribution in [0.5, 0.6) is 0 Å². The van der Waals surface area contributed by atoms with Crippen molar-refractivity contribution in [3.63, 3.8) is 0 Å². The first-order chi connectivity index (χ1) is 20.0. The number of benzene rings is 4. The van der Waals surface area contributed by atoms with Crippen LogP contribution in [0.2, 0.25) is 0 Å². The summed E-state index contributed by atoms with van der Waals surface area (Å²) in [5, 5.41) is 13.2. The molecule has 206 valence electrons. The molecule has 0 saturated heterocycles. The van der Waals surface area contributed by atoms with Gasteiger partial charge in [0.15, 0.2) is 5.76 Å². The fraction of sp³-hybridized carbons (Fsp3) is 0.176. The Hall–Kier alpha value is -4.30. The molecule has 1 aliphatic heterocycles. The molecule has 2 heterocycles. The molecule has 1 amide bonds. The van der Waals surface area contributed by atoms with Gasteiger partial charge in [-0.15, -0.1) is 11.3 Å². The number of carbonyl (C=O) groups is 1. The lowest BCUT2D eigenvalue weighted by atomic mass is 9.93. The van der Waals surface area contributed by atoms with Crippen LogP contribution in [-0.2, 0) is 27.5 Å². The van der Waals surface area contributed by atoms with Crippen LogP contribution in [0.15, 0.2) is 109 Å². The zero-order chi connectivity index (χ0) is 28.2. The summed E-state index contributed by atoms with van der Waals surface area (Å²) in [4.78, 5) is 18.1. The van der Waals surface area contributed by atoms with Gasteiger partial charge in [-0.25, -0.2) is 4.98 Å². The SMILES string of the molecule is Cc1ccc2nc(-c3ccc(NC(=O)C4=CC(c5ccccc5)CC(OCc5ccc(CO)cc5)O4)cc3)sc2c1. The largest absolute Gasteiger partial charge is 0.459 e. The van der Waals surface area contributed by atoms with Gasteiger partial charge < -0.3 is 19.9 Å². The molecular formula is C34H30N2O4S. The molecule has 4 aromatic carbocycles. The number of allylic oxidation sites excluding steroid dienone is 1. The number of ether oxygens (including phenoxy) is 2. The number of fused-ring (bicyclic) bond motifs is 1. The van der Waals surface area contributed by atoms with Gasteiger partial charge in [0, 0.05) is 23.6 Å². The van der Waals surface area contributed by atoms with Crippen molar-refractivity contribution in [3.05, 3.63) is 131 Å². The van der Waals surface area contributed by atoms with Crippen molar-refractivity contribution >= 4 is 33.1 Å². The number of aromatic nitrogens is 1. The zero-order valence-electron chi connectivity index (χ0n) is 22.6. The Morgan fingerprint density at radius 2 is 1.76 bits per heavy atom. The minimum atomic E-state index is -0.589. The van der Waals surface area contributed by atoms with Crippen LogP contribution in [0.3, 0.4) is 0 Å². The number of anilines is 1. The number of hydrogen-bond acceptors (Lipinski definition) is 6. The Labute approximate surface area is 242 Å². The molecule has 0 fully saturated rings. The molecule has 6 rings (SSSR count). The van der Waals surface area contributed by atoms with Gasteiger partial charge in [-0.2, -0.15) is 0 Å². The molecule has 0 radical (unpaired) electrons. The minimum absolute atomic E-state index is 0.000674. The Balaban J connectivity index is 1.16. The number of rotatable bonds is 8. The molecule has 41 heavy (non-hydrogen) atoms. The molecule has 2 atom stereocenters. The molecule has 0 aliphatic carbocycles. The second-order valence-corrected chi connectivity index (χ2v) is 11.2. The lowest BCUT2D eigenvalue weighted by Crippen LogP contribution is -2.29. The molecule has 7 heteroatoms. The fourth-order valence-electron chi connectivity index (χ4n) is 4.83. The zero-order valence-corrected chi connectivity index (χ0v) is 23.4. The molecule has 2 unspecified atom stereocenters. The lowest BCUT2D eigenvalue weighted by Gasteiger charge is -2.29. The van der Waals surface area contributed by atoms with Crippen LogP contribution in [0.1, 0.15) is 34.6 Å². The number of amides is 1. The van der Waals surface area contributed by atoms with Crippen LogP contribution in [0.25, 0.3) is 20.8 Å². The van der Waals surface area contributed by atoms with Crippen molar-refractivity contribution in [2.45, 2.75) is 38.8 Å². The number of aryl methyl sites for hydroxylation is 1. The number of carbonyl (C=O) groups excluding carboxylic acids is 1. The van der Waals surface area contributed by atoms with E-state index in [1.54, 1.807) is 11.3 Å². The maximum Gasteiger partial charge on any atom is 0.290 e. The Kier molecular flexibility index (Phi) is 7.91. The average molecular weight is 563 g/mol. The highest BCUT2D eigenvalue weighted by Crippen LogP contribution is 2.33. The highest BCUT2D eigenvalue weighted by molar-refractivity contribution is 7.21. The van der Waals surface area contributed by atoms with E-state index >= 15 is 0 Å². The third-order valence-electron chi connectivity index (χ3n) is 7.08. The van der Waals surface area contributed by atoms with E-state index in [1.807, 2.05) is 78.9 Å². The maximum absolute atomic E-state index is 13.3. The van der Waals surface area contributed by atoms with Crippen molar-refractivity contribution in [1.82, 2.24) is 4.98 Å². The Morgan fingerprint density at radius 1 is 1.00 bits per heavy atom. The monoisotopic (exact) mass is 562 g/mol. The number of nitrogens with one attached hydrogen (secondary N) is 1. The van der Waals surface area contributed by atoms with Gasteiger partial charge in [-0.05, 0) is 71.7 Å². The summed E-state index contributed by atoms with van der Waals surface area (Å²) >= 11 is 1.66. The lowest BCUT2D eigenvalue weighted by molar-refractivity contribution is -0.147. The second kappa shape index (κ2) is 12.1. The summed E-state index contributed by atoms with van der Waals surface area (Å²) in [6, 6.07) is 31.6. The van der Waals surface area contributed by atoms with Crippen LogP contribution < -0.4 is 5.32 Å². The standard InChI is InChI=1S/C34H30N2O4S/c1-22-7-16-29-31(17-22)41-34(36-29)26-12-14-28(15-13-26)35-33(38)30-18-27(25-5-3-2-4-6-25)19-32(40-30)39-21-24-10-8-23(20-37)9-11-24/h2-18,27,32,37H,19-21H2,1H3,(H,35,38). The molecule has 0 bridgehead atoms. The van der Waals surface area contributed by atoms with E-state index in [-0.39, 0.29) is 24.2 Å². The van der Waals surface area contributed by atoms with Crippen molar-refractivity contribution in [2.24, 2.45) is 0 Å². The summed E-state index contributed by atoms with van der Waals surface area (Å²) in [7, 11) is 0. The normalized spacial score (nSPS) is 16.7. The number of nitrogens with zero attached hydrogens (tertiary/aromatic N) is 1. The van der Waals surface area contributed by atoms with Crippen molar-refractivity contribution < 1.29 is 19.4 Å². The first-order valence-electron chi connectivity index (χ1n) is 13.6. The van der Waals surface area contributed by atoms with E-state index in [0.717, 1.165) is 37.5 Å². The maximum atomic E-state index is 13.3. The van der Waals surface area contributed by atoms with E-state index in [1.165, 1.54) is 5.56 Å². The van der Waals surface area contributed by atoms with E-state index < -0.39 is 6.29 Å². The predicted octanol–water partition coefficient (Wildman–Crippen LogP) is 7.33. The summed E-state index contributed by atoms with van der Waals surface area (Å²) in [6.45, 7) is 2.41. The van der Waals surface area contributed by atoms with Crippen molar-refractivity contribution in [2.75, 3.05) is 5.32 Å². The summed E-state index contributed by atoms with van der Waals surface area (Å²) in [5.74, 6) is -0.122. The van der Waals surface area contributed by atoms with Crippen molar-refractivity contribution in [1.29, 1.82) is 0 Å². The molecule has 5 aromatic rings. The third kappa shape index (κ3) is 6.38. The number of aliphatic hydroxyl groups is 1. The van der Waals surface area contributed by atoms with Crippen LogP contribution in [0, 0.1) is 6.92 Å². The number of hydrogen-bond donors (Lipinski definition) is 2. The van der Waals surface area contributed by atoms with Gasteiger partial charge in [-0.1, -0.05) is 60.7 Å². The quantitative estimate of drug-likeness (QED) is 0.207. The summed E-state index contributed by atoms with van der Waals surface area (Å²) < 4.78 is 13.3. The van der Waals surface area contributed by atoms with Gasteiger partial charge in [0.1, 0.15) is 5.01 Å². The molecule has 6 nitrogen and oxygen atoms in total. The summed E-state index contributed by atoms with van der Waals surface area (Å²) in [6.07, 6.45) is 1.87. The minimum Gasteiger partial charge on any atom is -0.459 e. The number of aliphatic hydroxyl groups excluding tert-OH is 1. The molecule has 1 aromatic heterocycles. The Morgan fingerprint density at radius 3 is 2.51 bits per heavy atom. The van der Waals surface area contributed by atoms with Crippen molar-refractivity contribution in [3.8, 4) is 10.6 Å². The van der Waals surface area contributed by atoms with E-state index in [2.05, 4.69) is 36.5 Å². The highest BCUT2D eigenvalue weighted by atomic mass is 32.1. The average Bonchev–Trinajstić information content (AvgIpc) is 3.44. The van der Waals surface area contributed by atoms with Gasteiger partial charge in [0.25, 0.3) is 5.91 Å². The van der Waals surface area contributed by atoms with Gasteiger partial charge in [0.05, 0.1) is 23.4 Å². The smallest absolute Gasteiger partial charge is 0.290 e. The van der Waals surface area contributed by atoms with E-state index in [4.69, 9.17) is 14.5 Å². The van der Waals surface area contributed by atoms with Crippen LogP contribution >= 0.6 is 11.3 Å². The van der Waals surface area contributed by atoms with E-state index in [0.29, 0.717) is 18.7 Å². The van der Waals surface area contributed by atoms with Crippen LogP contribution in [0.4, 0.5) is 5.69 Å². The Bertz CT molecular complexity index is 1680. The number of thiazole rings is 1. The van der Waals surface area contributed by atoms with Gasteiger partial charge in [-0.3, -0.25) is 4.79 Å². The summed E-state index contributed by atoms with van der Waals surface area (Å²) in [5.41, 5.74) is 6.77. The topological polar surface area (TPSA) is 80.7 Å². The van der Waals surface area contributed by atoms with Crippen LogP contribution in [-0.4, -0.2) is 22.3 Å². The van der Waals surface area contributed by atoms with E-state index in [9.17, 15) is 9.90 Å². The molecule has 2 N–H and O–H groups in total. The first-order valence-corrected chi connectivity index (χ1v) is 14.4. The fourth-order valence-corrected chi connectivity index (χ4v) is 5.89. The third-order valence-corrected chi connectivity index (χ3v) is 8.15. The van der Waals surface area contributed by atoms with Gasteiger partial charge >= 0.3 is 0 Å². The predicted molar refractivity (Wildman–Crippen MR) is 162 cm³/mol. The molecule has 0 saturated carbocycles. The first kappa shape index (κ1) is 26.9. The molecule has 1 aliphatic rings. The van der Waals surface area contributed by atoms with Gasteiger partial charge in [0.2, 0.25) is 6.29 Å². The highest BCUT2D eigenvalue weighted by Gasteiger charge is 2.29. The second-order valence-electron chi connectivity index (χ2n) is 10.1. The molecular weight excluding hydrogens is 532 g/mol. The molecule has 0 spiro atoms.